The van der Waals surface area contributed by atoms with Crippen molar-refractivity contribution in [2.75, 3.05) is 5.32 Å². The highest BCUT2D eigenvalue weighted by atomic mass is 35.5. The van der Waals surface area contributed by atoms with Crippen molar-refractivity contribution in [3.05, 3.63) is 18.6 Å². The molecule has 0 fully saturated rings. The lowest BCUT2D eigenvalue weighted by Gasteiger charge is -2.03. The molecule has 0 saturated carbocycles. The smallest absolute Gasteiger partial charge is 0.226 e. The molecule has 2 rings (SSSR count). The molecule has 0 aromatic carbocycles. The maximum atomic E-state index is 5.50. The lowest BCUT2D eigenvalue weighted by atomic mass is 10.5. The van der Waals surface area contributed by atoms with Crippen LogP contribution in [0.15, 0.2) is 18.6 Å². The summed E-state index contributed by atoms with van der Waals surface area (Å²) in [5.41, 5.74) is 1.12. The van der Waals surface area contributed by atoms with Crippen LogP contribution in [0.4, 0.5) is 5.95 Å². The predicted octanol–water partition coefficient (Wildman–Crippen LogP) is 1.59. The van der Waals surface area contributed by atoms with Crippen LogP contribution in [0.5, 0.6) is 0 Å². The fourth-order valence-electron chi connectivity index (χ4n) is 0.937. The Labute approximate surface area is 89.5 Å². The molecule has 2 aromatic heterocycles. The number of fused-ring (bicyclic) bond motifs is 1. The summed E-state index contributed by atoms with van der Waals surface area (Å²) in [7, 11) is 0. The minimum Gasteiger partial charge on any atom is -0.325 e. The van der Waals surface area contributed by atoms with Gasteiger partial charge in [0, 0.05) is 12.4 Å². The van der Waals surface area contributed by atoms with Gasteiger partial charge in [0.1, 0.15) is 5.52 Å². The molecular weight excluding hydrogens is 225 g/mol. The van der Waals surface area contributed by atoms with Crippen LogP contribution in [0, 0.1) is 0 Å². The second-order valence-corrected chi connectivity index (χ2v) is 3.50. The maximum Gasteiger partial charge on any atom is 0.226 e. The number of nitrogens with zero attached hydrogens (tertiary/aromatic N) is 4. The Bertz CT molecular complexity index is 447. The fraction of sp³-hybridized carbons (Fsp3) is 0.143. The first-order valence-corrected chi connectivity index (χ1v) is 4.61. The van der Waals surface area contributed by atoms with E-state index in [-0.39, 0.29) is 0 Å². The Morgan fingerprint density at radius 1 is 1.14 bits per heavy atom. The van der Waals surface area contributed by atoms with Gasteiger partial charge in [-0.15, -0.1) is 0 Å². The fourth-order valence-corrected chi connectivity index (χ4v) is 1.13. The van der Waals surface area contributed by atoms with E-state index in [0.29, 0.717) is 17.1 Å². The maximum absolute atomic E-state index is 5.50. The van der Waals surface area contributed by atoms with Crippen LogP contribution in [-0.4, -0.2) is 24.9 Å². The number of hydrogen-bond donors (Lipinski definition) is 1. The number of aromatic nitrogens is 4. The van der Waals surface area contributed by atoms with E-state index in [1.807, 2.05) is 0 Å². The number of nitrogens with one attached hydrogen (secondary N) is 1. The Kier molecular flexibility index (Phi) is 2.60. The van der Waals surface area contributed by atoms with E-state index in [2.05, 4.69) is 25.3 Å². The first-order chi connectivity index (χ1) is 6.75. The zero-order chi connectivity index (χ0) is 9.97. The van der Waals surface area contributed by atoms with Crippen molar-refractivity contribution in [2.24, 2.45) is 0 Å². The topological polar surface area (TPSA) is 63.6 Å². The van der Waals surface area contributed by atoms with Crippen molar-refractivity contribution in [1.82, 2.24) is 19.9 Å². The largest absolute Gasteiger partial charge is 0.325 e. The van der Waals surface area contributed by atoms with Gasteiger partial charge in [-0.1, -0.05) is 23.2 Å². The first kappa shape index (κ1) is 9.36. The summed E-state index contributed by atoms with van der Waals surface area (Å²) in [5.74, 6) is 0.327. The van der Waals surface area contributed by atoms with Crippen LogP contribution in [0.3, 0.4) is 0 Å². The number of alkyl halides is 2. The summed E-state index contributed by atoms with van der Waals surface area (Å²) in [6.45, 7) is 0. The summed E-state index contributed by atoms with van der Waals surface area (Å²) in [4.78, 5) is 15.3. The van der Waals surface area contributed by atoms with Gasteiger partial charge >= 0.3 is 0 Å². The average Bonchev–Trinajstić information content (AvgIpc) is 2.17. The quantitative estimate of drug-likeness (QED) is 0.626. The van der Waals surface area contributed by atoms with E-state index in [9.17, 15) is 0 Å². The van der Waals surface area contributed by atoms with Crippen LogP contribution < -0.4 is 5.32 Å². The molecule has 1 N–H and O–H groups in total. The summed E-state index contributed by atoms with van der Waals surface area (Å²) in [6.07, 6.45) is 4.68. The highest BCUT2D eigenvalue weighted by Crippen LogP contribution is 2.09. The molecular formula is C7H5Cl2N5. The molecule has 14 heavy (non-hydrogen) atoms. The zero-order valence-corrected chi connectivity index (χ0v) is 8.37. The zero-order valence-electron chi connectivity index (χ0n) is 6.85. The van der Waals surface area contributed by atoms with E-state index in [1.165, 1.54) is 0 Å². The summed E-state index contributed by atoms with van der Waals surface area (Å²) < 4.78 is 0. The standard InChI is InChI=1S/C7H5Cl2N5/c8-6(9)14-7-12-3-4-5(13-7)11-2-1-10-4/h1-3,6H,(H,11,12,13,14). The van der Waals surface area contributed by atoms with Crippen molar-refractivity contribution in [2.45, 2.75) is 4.96 Å². The van der Waals surface area contributed by atoms with Crippen LogP contribution in [0.25, 0.3) is 11.2 Å². The third-order valence-corrected chi connectivity index (χ3v) is 1.68. The molecule has 0 bridgehead atoms. The number of hydrogen-bond acceptors (Lipinski definition) is 5. The van der Waals surface area contributed by atoms with Gasteiger partial charge in [0.25, 0.3) is 0 Å². The predicted molar refractivity (Wildman–Crippen MR) is 54.2 cm³/mol. The molecule has 0 spiro atoms. The number of anilines is 1. The third kappa shape index (κ3) is 2.00. The monoisotopic (exact) mass is 229 g/mol. The molecule has 2 aromatic rings. The van der Waals surface area contributed by atoms with Gasteiger partial charge in [0.15, 0.2) is 10.6 Å². The molecule has 72 valence electrons. The summed E-state index contributed by atoms with van der Waals surface area (Å²) >= 11 is 11.0. The SMILES string of the molecule is ClC(Cl)Nc1ncc2nccnc2n1. The number of halogens is 2. The van der Waals surface area contributed by atoms with Crippen molar-refractivity contribution in [1.29, 1.82) is 0 Å². The van der Waals surface area contributed by atoms with E-state index >= 15 is 0 Å². The van der Waals surface area contributed by atoms with E-state index in [4.69, 9.17) is 23.2 Å². The molecule has 7 heteroatoms. The molecule has 0 radical (unpaired) electrons. The van der Waals surface area contributed by atoms with Gasteiger partial charge in [-0.3, -0.25) is 0 Å². The lowest BCUT2D eigenvalue weighted by Crippen LogP contribution is -2.07. The lowest BCUT2D eigenvalue weighted by molar-refractivity contribution is 1.11. The Morgan fingerprint density at radius 3 is 2.71 bits per heavy atom. The molecule has 0 aliphatic heterocycles. The van der Waals surface area contributed by atoms with Gasteiger partial charge < -0.3 is 5.32 Å². The van der Waals surface area contributed by atoms with Crippen molar-refractivity contribution >= 4 is 40.3 Å². The van der Waals surface area contributed by atoms with Crippen LogP contribution in [-0.2, 0) is 0 Å². The minimum atomic E-state index is -0.746. The Hall–Kier alpha value is -1.20. The first-order valence-electron chi connectivity index (χ1n) is 3.74. The van der Waals surface area contributed by atoms with Crippen LogP contribution >= 0.6 is 23.2 Å². The highest BCUT2D eigenvalue weighted by molar-refractivity contribution is 6.45. The van der Waals surface area contributed by atoms with Gasteiger partial charge in [-0.25, -0.2) is 15.0 Å². The molecule has 0 aliphatic carbocycles. The van der Waals surface area contributed by atoms with E-state index < -0.39 is 4.96 Å². The summed E-state index contributed by atoms with van der Waals surface area (Å²) in [5, 5.41) is 2.64. The van der Waals surface area contributed by atoms with Gasteiger partial charge in [0.2, 0.25) is 5.95 Å². The second-order valence-electron chi connectivity index (χ2n) is 2.40. The molecule has 0 saturated heterocycles. The van der Waals surface area contributed by atoms with Crippen LogP contribution in [0.2, 0.25) is 0 Å². The molecule has 0 atom stereocenters. The Morgan fingerprint density at radius 2 is 1.93 bits per heavy atom. The molecule has 0 amide bonds. The van der Waals surface area contributed by atoms with Crippen molar-refractivity contribution < 1.29 is 0 Å². The van der Waals surface area contributed by atoms with Crippen molar-refractivity contribution in [3.8, 4) is 0 Å². The van der Waals surface area contributed by atoms with Gasteiger partial charge in [-0.2, -0.15) is 4.98 Å². The van der Waals surface area contributed by atoms with E-state index in [0.717, 1.165) is 0 Å². The minimum absolute atomic E-state index is 0.327. The molecule has 0 aliphatic rings. The number of rotatable bonds is 2. The second kappa shape index (κ2) is 3.89. The molecule has 2 heterocycles. The van der Waals surface area contributed by atoms with Gasteiger partial charge in [-0.05, 0) is 0 Å². The normalized spacial score (nSPS) is 10.8. The average molecular weight is 230 g/mol. The highest BCUT2D eigenvalue weighted by Gasteiger charge is 2.03. The van der Waals surface area contributed by atoms with Gasteiger partial charge in [0.05, 0.1) is 6.20 Å². The van der Waals surface area contributed by atoms with Crippen LogP contribution in [0.1, 0.15) is 0 Å². The molecule has 5 nitrogen and oxygen atoms in total. The third-order valence-electron chi connectivity index (χ3n) is 1.47. The van der Waals surface area contributed by atoms with E-state index in [1.54, 1.807) is 18.6 Å². The summed E-state index contributed by atoms with van der Waals surface area (Å²) in [6, 6.07) is 0. The Balaban J connectivity index is 2.41. The van der Waals surface area contributed by atoms with Crippen molar-refractivity contribution in [3.63, 3.8) is 0 Å². The molecule has 0 unspecified atom stereocenters.